The van der Waals surface area contributed by atoms with Gasteiger partial charge in [-0.05, 0) is 43.4 Å². The van der Waals surface area contributed by atoms with Crippen LogP contribution in [0.2, 0.25) is 0 Å². The zero-order chi connectivity index (χ0) is 21.3. The van der Waals surface area contributed by atoms with Crippen molar-refractivity contribution in [1.82, 2.24) is 14.9 Å². The minimum atomic E-state index is -3.01. The SMILES string of the molecule is CC(C(=O)Nc1ccc(OCC2CC2)cn1)N1CC(c2ccc(=O)[nH]c2)C(F)(F)C1. The van der Waals surface area contributed by atoms with Crippen molar-refractivity contribution in [3.8, 4) is 5.75 Å². The number of pyridine rings is 2. The molecule has 2 unspecified atom stereocenters. The molecule has 160 valence electrons. The van der Waals surface area contributed by atoms with Gasteiger partial charge in [-0.3, -0.25) is 14.5 Å². The fourth-order valence-corrected chi connectivity index (χ4v) is 3.53. The summed E-state index contributed by atoms with van der Waals surface area (Å²) in [4.78, 5) is 31.8. The predicted molar refractivity (Wildman–Crippen MR) is 107 cm³/mol. The number of nitrogens with one attached hydrogen (secondary N) is 2. The van der Waals surface area contributed by atoms with Crippen LogP contribution in [0.1, 0.15) is 31.2 Å². The van der Waals surface area contributed by atoms with Gasteiger partial charge in [0.2, 0.25) is 11.5 Å². The van der Waals surface area contributed by atoms with E-state index in [9.17, 15) is 18.4 Å². The molecule has 2 aromatic heterocycles. The van der Waals surface area contributed by atoms with E-state index < -0.39 is 30.3 Å². The van der Waals surface area contributed by atoms with Gasteiger partial charge in [0.05, 0.1) is 31.3 Å². The highest BCUT2D eigenvalue weighted by Gasteiger charge is 2.50. The Hall–Kier alpha value is -2.81. The van der Waals surface area contributed by atoms with Crippen LogP contribution in [0, 0.1) is 5.92 Å². The minimum absolute atomic E-state index is 0.00893. The molecule has 7 nitrogen and oxygen atoms in total. The number of anilines is 1. The number of alkyl halides is 2. The molecule has 0 aromatic carbocycles. The van der Waals surface area contributed by atoms with Gasteiger partial charge in [-0.15, -0.1) is 0 Å². The largest absolute Gasteiger partial charge is 0.492 e. The lowest BCUT2D eigenvalue weighted by Crippen LogP contribution is -2.41. The molecule has 2 aromatic rings. The topological polar surface area (TPSA) is 87.3 Å². The molecule has 2 atom stereocenters. The molecule has 1 saturated heterocycles. The molecule has 2 N–H and O–H groups in total. The van der Waals surface area contributed by atoms with Crippen molar-refractivity contribution in [2.75, 3.05) is 25.0 Å². The molecule has 1 aliphatic heterocycles. The Labute approximate surface area is 172 Å². The molecule has 30 heavy (non-hydrogen) atoms. The van der Waals surface area contributed by atoms with Gasteiger partial charge in [-0.25, -0.2) is 13.8 Å². The molecule has 3 heterocycles. The molecule has 0 bridgehead atoms. The third kappa shape index (κ3) is 4.67. The van der Waals surface area contributed by atoms with Crippen molar-refractivity contribution in [2.24, 2.45) is 5.92 Å². The first-order valence-electron chi connectivity index (χ1n) is 10.0. The highest BCUT2D eigenvalue weighted by molar-refractivity contribution is 5.93. The monoisotopic (exact) mass is 418 g/mol. The number of aromatic nitrogens is 2. The highest BCUT2D eigenvalue weighted by Crippen LogP contribution is 2.40. The van der Waals surface area contributed by atoms with Crippen molar-refractivity contribution in [3.63, 3.8) is 0 Å². The Bertz CT molecular complexity index is 939. The van der Waals surface area contributed by atoms with E-state index in [4.69, 9.17) is 4.74 Å². The van der Waals surface area contributed by atoms with E-state index in [1.807, 2.05) is 0 Å². The van der Waals surface area contributed by atoms with Gasteiger partial charge in [-0.1, -0.05) is 6.07 Å². The molecular formula is C21H24F2N4O3. The number of hydrogen-bond acceptors (Lipinski definition) is 5. The fraction of sp³-hybridized carbons (Fsp3) is 0.476. The zero-order valence-electron chi connectivity index (χ0n) is 16.6. The number of halogens is 2. The molecule has 1 amide bonds. The number of carbonyl (C=O) groups is 1. The summed E-state index contributed by atoms with van der Waals surface area (Å²) in [5, 5.41) is 2.67. The fourth-order valence-electron chi connectivity index (χ4n) is 3.53. The van der Waals surface area contributed by atoms with E-state index in [-0.39, 0.29) is 12.1 Å². The second kappa shape index (κ2) is 8.14. The van der Waals surface area contributed by atoms with Crippen LogP contribution in [-0.4, -0.2) is 52.4 Å². The summed E-state index contributed by atoms with van der Waals surface area (Å²) < 4.78 is 34.8. The second-order valence-corrected chi connectivity index (χ2v) is 8.03. The normalized spacial score (nSPS) is 21.9. The average Bonchev–Trinajstić information content (AvgIpc) is 3.49. The Morgan fingerprint density at radius 3 is 2.80 bits per heavy atom. The van der Waals surface area contributed by atoms with Crippen molar-refractivity contribution in [1.29, 1.82) is 0 Å². The van der Waals surface area contributed by atoms with Gasteiger partial charge in [0, 0.05) is 18.8 Å². The van der Waals surface area contributed by atoms with Crippen LogP contribution in [0.3, 0.4) is 0 Å². The summed E-state index contributed by atoms with van der Waals surface area (Å²) >= 11 is 0. The van der Waals surface area contributed by atoms with Crippen LogP contribution in [0.25, 0.3) is 0 Å². The molecule has 0 radical (unpaired) electrons. The Morgan fingerprint density at radius 1 is 1.37 bits per heavy atom. The van der Waals surface area contributed by atoms with Crippen LogP contribution in [0.15, 0.2) is 41.5 Å². The Kier molecular flexibility index (Phi) is 5.55. The highest BCUT2D eigenvalue weighted by atomic mass is 19.3. The number of amides is 1. The van der Waals surface area contributed by atoms with Crippen molar-refractivity contribution >= 4 is 11.7 Å². The first-order chi connectivity index (χ1) is 14.3. The lowest BCUT2D eigenvalue weighted by atomic mass is 9.97. The maximum atomic E-state index is 14.6. The summed E-state index contributed by atoms with van der Waals surface area (Å²) in [6.45, 7) is 1.74. The van der Waals surface area contributed by atoms with Gasteiger partial charge in [0.25, 0.3) is 5.92 Å². The molecule has 2 aliphatic rings. The number of rotatable bonds is 7. The van der Waals surface area contributed by atoms with Crippen LogP contribution >= 0.6 is 0 Å². The van der Waals surface area contributed by atoms with Crippen LogP contribution in [-0.2, 0) is 4.79 Å². The van der Waals surface area contributed by atoms with E-state index >= 15 is 0 Å². The second-order valence-electron chi connectivity index (χ2n) is 8.03. The molecule has 9 heteroatoms. The van der Waals surface area contributed by atoms with E-state index in [1.54, 1.807) is 25.3 Å². The quantitative estimate of drug-likeness (QED) is 0.722. The summed E-state index contributed by atoms with van der Waals surface area (Å²) in [5.74, 6) is -2.91. The van der Waals surface area contributed by atoms with E-state index in [0.29, 0.717) is 29.7 Å². The van der Waals surface area contributed by atoms with E-state index in [0.717, 1.165) is 0 Å². The number of aromatic amines is 1. The number of nitrogens with zero attached hydrogens (tertiary/aromatic N) is 2. The maximum absolute atomic E-state index is 14.6. The standard InChI is InChI=1S/C21H24F2N4O3/c1-13(20(29)26-18-6-5-16(9-24-18)30-11-14-2-3-14)27-10-17(21(22,23)12-27)15-4-7-19(28)25-8-15/h4-9,13-14,17H,2-3,10-12H2,1H3,(H,25,28)(H,24,26,29). The van der Waals surface area contributed by atoms with Gasteiger partial charge < -0.3 is 15.0 Å². The van der Waals surface area contributed by atoms with E-state index in [2.05, 4.69) is 15.3 Å². The smallest absolute Gasteiger partial charge is 0.268 e. The summed E-state index contributed by atoms with van der Waals surface area (Å²) in [6, 6.07) is 5.23. The predicted octanol–water partition coefficient (Wildman–Crippen LogP) is 2.62. The summed E-state index contributed by atoms with van der Waals surface area (Å²) in [6.07, 6.45) is 5.24. The van der Waals surface area contributed by atoms with Gasteiger partial charge >= 0.3 is 0 Å². The Balaban J connectivity index is 1.36. The Morgan fingerprint density at radius 2 is 2.17 bits per heavy atom. The third-order valence-electron chi connectivity index (χ3n) is 5.65. The third-order valence-corrected chi connectivity index (χ3v) is 5.65. The van der Waals surface area contributed by atoms with Crippen molar-refractivity contribution in [3.05, 3.63) is 52.6 Å². The maximum Gasteiger partial charge on any atom is 0.268 e. The number of carbonyl (C=O) groups excluding carboxylic acids is 1. The molecule has 2 fully saturated rings. The summed E-state index contributed by atoms with van der Waals surface area (Å²) in [5.41, 5.74) is -0.000663. The van der Waals surface area contributed by atoms with Crippen LogP contribution in [0.4, 0.5) is 14.6 Å². The lowest BCUT2D eigenvalue weighted by Gasteiger charge is -2.22. The van der Waals surface area contributed by atoms with E-state index in [1.165, 1.54) is 36.1 Å². The average molecular weight is 418 g/mol. The minimum Gasteiger partial charge on any atom is -0.492 e. The molecule has 0 spiro atoms. The number of likely N-dealkylation sites (tertiary alicyclic amines) is 1. The first-order valence-corrected chi connectivity index (χ1v) is 10.0. The molecule has 1 aliphatic carbocycles. The van der Waals surface area contributed by atoms with Crippen LogP contribution < -0.4 is 15.6 Å². The first kappa shape index (κ1) is 20.5. The molecule has 1 saturated carbocycles. The van der Waals surface area contributed by atoms with Crippen LogP contribution in [0.5, 0.6) is 5.75 Å². The van der Waals surface area contributed by atoms with Crippen molar-refractivity contribution in [2.45, 2.75) is 37.6 Å². The lowest BCUT2D eigenvalue weighted by molar-refractivity contribution is -0.120. The number of ether oxygens (including phenoxy) is 1. The van der Waals surface area contributed by atoms with Gasteiger partial charge in [0.1, 0.15) is 11.6 Å². The van der Waals surface area contributed by atoms with Gasteiger partial charge in [-0.2, -0.15) is 0 Å². The zero-order valence-corrected chi connectivity index (χ0v) is 16.6. The van der Waals surface area contributed by atoms with Gasteiger partial charge in [0.15, 0.2) is 0 Å². The van der Waals surface area contributed by atoms with Crippen molar-refractivity contribution < 1.29 is 18.3 Å². The molecular weight excluding hydrogens is 394 g/mol. The number of H-pyrrole nitrogens is 1. The molecule has 4 rings (SSSR count). The number of hydrogen-bond donors (Lipinski definition) is 2. The summed E-state index contributed by atoms with van der Waals surface area (Å²) in [7, 11) is 0.